The van der Waals surface area contributed by atoms with E-state index in [2.05, 4.69) is 5.32 Å². The molecule has 1 aliphatic rings. The van der Waals surface area contributed by atoms with E-state index in [1.54, 1.807) is 0 Å². The van der Waals surface area contributed by atoms with Crippen LogP contribution in [0.2, 0.25) is 0 Å². The number of carboxylic acids is 1. The Bertz CT molecular complexity index is 1150. The standard InChI is InChI=1S/C23H19NO6/c25-18-10-20(30-13-19(18)26)22(29)24-23(12-21(27)28)11-17(23)16-8-6-15(7-9-16)14-4-2-1-3-5-14/h1-10,13,17,26H,11-12H2,(H,24,29)(H,27,28)/t17-,23?/m0/s1. The third-order valence-electron chi connectivity index (χ3n) is 5.36. The zero-order valence-corrected chi connectivity index (χ0v) is 15.9. The molecule has 1 aromatic heterocycles. The van der Waals surface area contributed by atoms with Crippen molar-refractivity contribution in [3.05, 3.63) is 88.5 Å². The molecule has 3 N–H and O–H groups in total. The third kappa shape index (κ3) is 3.82. The fraction of sp³-hybridized carbons (Fsp3) is 0.174. The van der Waals surface area contributed by atoms with Crippen LogP contribution in [0.25, 0.3) is 11.1 Å². The largest absolute Gasteiger partial charge is 0.502 e. The zero-order chi connectivity index (χ0) is 21.3. The molecular weight excluding hydrogens is 386 g/mol. The van der Waals surface area contributed by atoms with Gasteiger partial charge in [0.05, 0.1) is 12.0 Å². The number of carboxylic acid groups (broad SMARTS) is 1. The highest BCUT2D eigenvalue weighted by Gasteiger charge is 2.57. The van der Waals surface area contributed by atoms with Crippen molar-refractivity contribution in [1.82, 2.24) is 5.32 Å². The van der Waals surface area contributed by atoms with Crippen LogP contribution in [0, 0.1) is 0 Å². The van der Waals surface area contributed by atoms with Gasteiger partial charge in [0.15, 0.2) is 11.5 Å². The first-order valence-corrected chi connectivity index (χ1v) is 9.39. The highest BCUT2D eigenvalue weighted by molar-refractivity contribution is 5.93. The van der Waals surface area contributed by atoms with E-state index in [0.717, 1.165) is 29.0 Å². The molecule has 2 aromatic carbocycles. The van der Waals surface area contributed by atoms with Crippen molar-refractivity contribution in [2.45, 2.75) is 24.3 Å². The van der Waals surface area contributed by atoms with Crippen LogP contribution in [-0.2, 0) is 4.79 Å². The Kier molecular flexibility index (Phi) is 4.87. The molecule has 1 amide bonds. The van der Waals surface area contributed by atoms with Crippen molar-refractivity contribution in [3.8, 4) is 16.9 Å². The summed E-state index contributed by atoms with van der Waals surface area (Å²) in [6, 6.07) is 18.6. The van der Waals surface area contributed by atoms with Gasteiger partial charge >= 0.3 is 5.97 Å². The number of aliphatic carboxylic acids is 1. The Morgan fingerprint density at radius 3 is 2.37 bits per heavy atom. The molecule has 3 aromatic rings. The summed E-state index contributed by atoms with van der Waals surface area (Å²) in [5.74, 6) is -2.80. The first kappa shape index (κ1) is 19.4. The number of nitrogens with one attached hydrogen (secondary N) is 1. The third-order valence-corrected chi connectivity index (χ3v) is 5.36. The second-order valence-corrected chi connectivity index (χ2v) is 7.42. The molecule has 0 saturated heterocycles. The lowest BCUT2D eigenvalue weighted by Gasteiger charge is -2.17. The molecule has 30 heavy (non-hydrogen) atoms. The first-order valence-electron chi connectivity index (χ1n) is 9.39. The molecule has 1 fully saturated rings. The van der Waals surface area contributed by atoms with Crippen LogP contribution in [0.1, 0.15) is 34.9 Å². The van der Waals surface area contributed by atoms with Crippen LogP contribution in [0.15, 0.2) is 76.1 Å². The van der Waals surface area contributed by atoms with E-state index in [4.69, 9.17) is 4.42 Å². The highest BCUT2D eigenvalue weighted by atomic mass is 16.4. The van der Waals surface area contributed by atoms with Crippen LogP contribution in [-0.4, -0.2) is 27.6 Å². The van der Waals surface area contributed by atoms with Crippen LogP contribution in [0.3, 0.4) is 0 Å². The molecule has 1 aliphatic carbocycles. The molecule has 152 valence electrons. The fourth-order valence-electron chi connectivity index (χ4n) is 3.74. The Morgan fingerprint density at radius 2 is 1.73 bits per heavy atom. The number of hydrogen-bond donors (Lipinski definition) is 3. The molecule has 1 unspecified atom stereocenters. The molecule has 7 nitrogen and oxygen atoms in total. The molecule has 0 aliphatic heterocycles. The van der Waals surface area contributed by atoms with E-state index in [0.29, 0.717) is 6.42 Å². The van der Waals surface area contributed by atoms with Gasteiger partial charge in [-0.05, 0) is 23.1 Å². The molecule has 1 heterocycles. The van der Waals surface area contributed by atoms with E-state index in [1.165, 1.54) is 0 Å². The summed E-state index contributed by atoms with van der Waals surface area (Å²) in [7, 11) is 0. The average molecular weight is 405 g/mol. The number of aromatic hydroxyl groups is 1. The lowest BCUT2D eigenvalue weighted by Crippen LogP contribution is -2.40. The van der Waals surface area contributed by atoms with Gasteiger partial charge in [-0.1, -0.05) is 54.6 Å². The van der Waals surface area contributed by atoms with E-state index < -0.39 is 28.6 Å². The number of carbonyl (C=O) groups is 2. The van der Waals surface area contributed by atoms with Gasteiger partial charge in [-0.15, -0.1) is 0 Å². The first-order chi connectivity index (χ1) is 14.4. The molecule has 0 spiro atoms. The second kappa shape index (κ2) is 7.51. The summed E-state index contributed by atoms with van der Waals surface area (Å²) in [4.78, 5) is 35.5. The van der Waals surface area contributed by atoms with Gasteiger partial charge in [-0.25, -0.2) is 0 Å². The minimum absolute atomic E-state index is 0.175. The molecule has 0 radical (unpaired) electrons. The van der Waals surface area contributed by atoms with Gasteiger partial charge in [0.2, 0.25) is 5.43 Å². The lowest BCUT2D eigenvalue weighted by molar-refractivity contribution is -0.137. The van der Waals surface area contributed by atoms with E-state index in [1.807, 2.05) is 54.6 Å². The molecular formula is C23H19NO6. The number of carbonyl (C=O) groups excluding carboxylic acids is 1. The van der Waals surface area contributed by atoms with Crippen LogP contribution in [0.5, 0.6) is 5.75 Å². The SMILES string of the molecule is O=C(O)CC1(NC(=O)c2cc(=O)c(O)co2)C[C@H]1c1ccc(-c2ccccc2)cc1. The summed E-state index contributed by atoms with van der Waals surface area (Å²) in [5.41, 5.74) is 1.32. The molecule has 2 atom stereocenters. The van der Waals surface area contributed by atoms with Gasteiger partial charge < -0.3 is 19.9 Å². The van der Waals surface area contributed by atoms with Gasteiger partial charge in [-0.2, -0.15) is 0 Å². The topological polar surface area (TPSA) is 117 Å². The maximum absolute atomic E-state index is 12.5. The summed E-state index contributed by atoms with van der Waals surface area (Å²) in [6.45, 7) is 0. The lowest BCUT2D eigenvalue weighted by atomic mass is 9.99. The summed E-state index contributed by atoms with van der Waals surface area (Å²) in [5, 5.41) is 21.3. The summed E-state index contributed by atoms with van der Waals surface area (Å²) < 4.78 is 4.98. The van der Waals surface area contributed by atoms with Crippen LogP contribution in [0.4, 0.5) is 0 Å². The minimum atomic E-state index is -1.04. The number of benzene rings is 2. The smallest absolute Gasteiger partial charge is 0.305 e. The Morgan fingerprint density at radius 1 is 1.07 bits per heavy atom. The summed E-state index contributed by atoms with van der Waals surface area (Å²) in [6.07, 6.45) is 0.984. The molecule has 7 heteroatoms. The Balaban J connectivity index is 1.55. The summed E-state index contributed by atoms with van der Waals surface area (Å²) >= 11 is 0. The van der Waals surface area contributed by atoms with Gasteiger partial charge in [0, 0.05) is 12.0 Å². The minimum Gasteiger partial charge on any atom is -0.502 e. The van der Waals surface area contributed by atoms with Crippen molar-refractivity contribution >= 4 is 11.9 Å². The number of hydrogen-bond acceptors (Lipinski definition) is 5. The van der Waals surface area contributed by atoms with Crippen molar-refractivity contribution < 1.29 is 24.2 Å². The number of rotatable bonds is 6. The van der Waals surface area contributed by atoms with Crippen molar-refractivity contribution in [2.24, 2.45) is 0 Å². The van der Waals surface area contributed by atoms with E-state index in [-0.39, 0.29) is 18.1 Å². The van der Waals surface area contributed by atoms with E-state index >= 15 is 0 Å². The van der Waals surface area contributed by atoms with Crippen molar-refractivity contribution in [2.75, 3.05) is 0 Å². The van der Waals surface area contributed by atoms with Crippen LogP contribution >= 0.6 is 0 Å². The average Bonchev–Trinajstić information content (AvgIpc) is 3.43. The molecule has 1 saturated carbocycles. The predicted octanol–water partition coefficient (Wildman–Crippen LogP) is 3.14. The second-order valence-electron chi connectivity index (χ2n) is 7.42. The highest BCUT2D eigenvalue weighted by Crippen LogP contribution is 2.54. The van der Waals surface area contributed by atoms with Crippen LogP contribution < -0.4 is 10.7 Å². The van der Waals surface area contributed by atoms with Gasteiger partial charge in [0.25, 0.3) is 5.91 Å². The monoisotopic (exact) mass is 405 g/mol. The number of amides is 1. The van der Waals surface area contributed by atoms with Gasteiger partial charge in [-0.3, -0.25) is 14.4 Å². The Hall–Kier alpha value is -3.87. The molecule has 4 rings (SSSR count). The van der Waals surface area contributed by atoms with Crippen molar-refractivity contribution in [1.29, 1.82) is 0 Å². The quantitative estimate of drug-likeness (QED) is 0.580. The fourth-order valence-corrected chi connectivity index (χ4v) is 3.74. The Labute approximate surface area is 171 Å². The van der Waals surface area contributed by atoms with Gasteiger partial charge in [0.1, 0.15) is 6.26 Å². The van der Waals surface area contributed by atoms with Crippen molar-refractivity contribution in [3.63, 3.8) is 0 Å². The maximum atomic E-state index is 12.5. The van der Waals surface area contributed by atoms with E-state index in [9.17, 15) is 24.6 Å². The molecule has 0 bridgehead atoms. The maximum Gasteiger partial charge on any atom is 0.305 e. The normalized spacial score (nSPS) is 19.8. The zero-order valence-electron chi connectivity index (χ0n) is 15.9. The predicted molar refractivity (Wildman–Crippen MR) is 108 cm³/mol.